The van der Waals surface area contributed by atoms with Crippen LogP contribution >= 0.6 is 11.8 Å². The molecule has 142 valence electrons. The van der Waals surface area contributed by atoms with Crippen LogP contribution < -0.4 is 10.1 Å². The number of thioether (sulfide) groups is 1. The van der Waals surface area contributed by atoms with Crippen LogP contribution in [0.25, 0.3) is 6.08 Å². The van der Waals surface area contributed by atoms with Gasteiger partial charge in [0.15, 0.2) is 5.17 Å². The maximum Gasteiger partial charge on any atom is 0.264 e. The topological polar surface area (TPSA) is 63.1 Å². The van der Waals surface area contributed by atoms with Gasteiger partial charge in [-0.15, -0.1) is 5.10 Å². The molecule has 0 aromatic heterocycles. The molecule has 0 unspecified atom stereocenters. The molecule has 1 heterocycles. The molecule has 1 amide bonds. The Labute approximate surface area is 164 Å². The van der Waals surface area contributed by atoms with Crippen LogP contribution in [-0.2, 0) is 4.79 Å². The molecule has 3 fully saturated rings. The standard InChI is InChI=1S/C21H25N3O2S/c1-20(2)14-9-10-21(20,3)17(12-14)23-24-19-22-18(25)16(27-19)11-13-5-7-15(26-4)8-6-13/h5-8,11,14H,9-10,12H2,1-4H3,(H,22,24,25)/b16-11+,23-17-/t14-,21-/m0/s1. The third-order valence-corrected chi connectivity index (χ3v) is 7.74. The van der Waals surface area contributed by atoms with E-state index in [1.54, 1.807) is 7.11 Å². The van der Waals surface area contributed by atoms with Crippen LogP contribution in [-0.4, -0.2) is 23.9 Å². The van der Waals surface area contributed by atoms with Crippen LogP contribution in [0.5, 0.6) is 5.75 Å². The molecular weight excluding hydrogens is 358 g/mol. The first-order valence-corrected chi connectivity index (χ1v) is 10.1. The average Bonchev–Trinajstić information content (AvgIpc) is 3.17. The van der Waals surface area contributed by atoms with Gasteiger partial charge in [-0.2, -0.15) is 5.10 Å². The fourth-order valence-electron chi connectivity index (χ4n) is 4.51. The molecule has 1 aliphatic heterocycles. The molecule has 2 aliphatic carbocycles. The Morgan fingerprint density at radius 1 is 1.22 bits per heavy atom. The summed E-state index contributed by atoms with van der Waals surface area (Å²) in [7, 11) is 1.63. The minimum atomic E-state index is -0.130. The molecule has 1 aromatic carbocycles. The third kappa shape index (κ3) is 3.00. The van der Waals surface area contributed by atoms with E-state index in [4.69, 9.17) is 4.74 Å². The van der Waals surface area contributed by atoms with E-state index in [9.17, 15) is 4.79 Å². The number of amides is 1. The van der Waals surface area contributed by atoms with E-state index in [-0.39, 0.29) is 16.7 Å². The second-order valence-corrected chi connectivity index (χ2v) is 9.31. The normalized spacial score (nSPS) is 33.3. The summed E-state index contributed by atoms with van der Waals surface area (Å²) in [5, 5.41) is 12.3. The van der Waals surface area contributed by atoms with E-state index in [1.165, 1.54) is 30.3 Å². The van der Waals surface area contributed by atoms with E-state index >= 15 is 0 Å². The van der Waals surface area contributed by atoms with Gasteiger partial charge in [-0.1, -0.05) is 32.9 Å². The van der Waals surface area contributed by atoms with Gasteiger partial charge in [-0.25, -0.2) is 0 Å². The number of amidine groups is 1. The predicted octanol–water partition coefficient (Wildman–Crippen LogP) is 4.46. The van der Waals surface area contributed by atoms with Crippen molar-refractivity contribution in [2.75, 3.05) is 7.11 Å². The molecule has 3 aliphatic rings. The van der Waals surface area contributed by atoms with Crippen LogP contribution in [0.1, 0.15) is 45.6 Å². The molecule has 6 heteroatoms. The zero-order chi connectivity index (χ0) is 19.2. The Bertz CT molecular complexity index is 870. The number of rotatable bonds is 3. The summed E-state index contributed by atoms with van der Waals surface area (Å²) < 4.78 is 5.16. The lowest BCUT2D eigenvalue weighted by atomic mass is 9.70. The first kappa shape index (κ1) is 18.3. The summed E-state index contributed by atoms with van der Waals surface area (Å²) in [4.78, 5) is 12.9. The molecule has 2 bridgehead atoms. The highest BCUT2D eigenvalue weighted by molar-refractivity contribution is 8.18. The molecule has 0 spiro atoms. The van der Waals surface area contributed by atoms with Crippen molar-refractivity contribution in [3.05, 3.63) is 34.7 Å². The largest absolute Gasteiger partial charge is 0.497 e. The van der Waals surface area contributed by atoms with Gasteiger partial charge in [-0.05, 0) is 66.1 Å². The second-order valence-electron chi connectivity index (χ2n) is 8.28. The number of carbonyl (C=O) groups excluding carboxylic acids is 1. The molecule has 1 saturated heterocycles. The minimum Gasteiger partial charge on any atom is -0.497 e. The Kier molecular flexibility index (Phi) is 4.41. The first-order chi connectivity index (χ1) is 12.8. The van der Waals surface area contributed by atoms with E-state index in [1.807, 2.05) is 30.3 Å². The molecule has 2 atom stereocenters. The third-order valence-electron chi connectivity index (χ3n) is 6.84. The highest BCUT2D eigenvalue weighted by atomic mass is 32.2. The van der Waals surface area contributed by atoms with Crippen LogP contribution in [0.2, 0.25) is 0 Å². The van der Waals surface area contributed by atoms with Crippen molar-refractivity contribution in [2.24, 2.45) is 27.0 Å². The van der Waals surface area contributed by atoms with Crippen LogP contribution in [0, 0.1) is 16.7 Å². The van der Waals surface area contributed by atoms with Crippen molar-refractivity contribution in [1.82, 2.24) is 5.32 Å². The SMILES string of the molecule is COc1ccc(/C=C2/S/C(=N/N=C3/C[C@@H]4CC[C@]3(C)C4(C)C)NC2=O)cc1. The Balaban J connectivity index is 1.52. The maximum absolute atomic E-state index is 12.2. The fourth-order valence-corrected chi connectivity index (χ4v) is 5.28. The van der Waals surface area contributed by atoms with Crippen LogP contribution in [0.4, 0.5) is 0 Å². The fraction of sp³-hybridized carbons (Fsp3) is 0.476. The Morgan fingerprint density at radius 2 is 1.96 bits per heavy atom. The first-order valence-electron chi connectivity index (χ1n) is 9.33. The van der Waals surface area contributed by atoms with Gasteiger partial charge in [0.25, 0.3) is 5.91 Å². The number of methoxy groups -OCH3 is 1. The number of hydrogen-bond donors (Lipinski definition) is 1. The Morgan fingerprint density at radius 3 is 2.56 bits per heavy atom. The van der Waals surface area contributed by atoms with Crippen molar-refractivity contribution in [1.29, 1.82) is 0 Å². The number of ether oxygens (including phenoxy) is 1. The molecular formula is C21H25N3O2S. The predicted molar refractivity (Wildman–Crippen MR) is 111 cm³/mol. The zero-order valence-electron chi connectivity index (χ0n) is 16.2. The number of nitrogens with one attached hydrogen (secondary N) is 1. The number of hydrogen-bond acceptors (Lipinski definition) is 5. The van der Waals surface area contributed by atoms with E-state index in [0.29, 0.717) is 16.0 Å². The molecule has 1 aromatic rings. The van der Waals surface area contributed by atoms with Crippen molar-refractivity contribution in [2.45, 2.75) is 40.0 Å². The average molecular weight is 384 g/mol. The Hall–Kier alpha value is -2.08. The summed E-state index contributed by atoms with van der Waals surface area (Å²) in [6.07, 6.45) is 5.33. The van der Waals surface area contributed by atoms with Gasteiger partial charge in [-0.3, -0.25) is 10.1 Å². The van der Waals surface area contributed by atoms with Crippen molar-refractivity contribution in [3.63, 3.8) is 0 Å². The molecule has 4 rings (SSSR count). The van der Waals surface area contributed by atoms with Gasteiger partial charge >= 0.3 is 0 Å². The summed E-state index contributed by atoms with van der Waals surface area (Å²) in [6, 6.07) is 7.60. The van der Waals surface area contributed by atoms with Gasteiger partial charge < -0.3 is 4.74 Å². The van der Waals surface area contributed by atoms with Crippen LogP contribution in [0.15, 0.2) is 39.4 Å². The lowest BCUT2D eigenvalue weighted by Gasteiger charge is -2.34. The maximum atomic E-state index is 12.2. The monoisotopic (exact) mass is 383 g/mol. The number of nitrogens with zero attached hydrogens (tertiary/aromatic N) is 2. The summed E-state index contributed by atoms with van der Waals surface area (Å²) in [5.41, 5.74) is 2.52. The number of benzene rings is 1. The van der Waals surface area contributed by atoms with Crippen molar-refractivity contribution < 1.29 is 9.53 Å². The van der Waals surface area contributed by atoms with Gasteiger partial charge in [0.2, 0.25) is 0 Å². The molecule has 0 radical (unpaired) electrons. The highest BCUT2D eigenvalue weighted by Gasteiger charge is 2.60. The summed E-state index contributed by atoms with van der Waals surface area (Å²) in [6.45, 7) is 7.01. The van der Waals surface area contributed by atoms with Gasteiger partial charge in [0.1, 0.15) is 5.75 Å². The lowest BCUT2D eigenvalue weighted by molar-refractivity contribution is -0.115. The van der Waals surface area contributed by atoms with Gasteiger partial charge in [0.05, 0.1) is 12.0 Å². The lowest BCUT2D eigenvalue weighted by Crippen LogP contribution is -2.32. The van der Waals surface area contributed by atoms with Crippen molar-refractivity contribution in [3.8, 4) is 5.75 Å². The van der Waals surface area contributed by atoms with E-state index in [0.717, 1.165) is 17.7 Å². The molecule has 1 N–H and O–H groups in total. The van der Waals surface area contributed by atoms with E-state index in [2.05, 4.69) is 36.3 Å². The smallest absolute Gasteiger partial charge is 0.264 e. The van der Waals surface area contributed by atoms with E-state index < -0.39 is 0 Å². The summed E-state index contributed by atoms with van der Waals surface area (Å²) in [5.74, 6) is 1.35. The summed E-state index contributed by atoms with van der Waals surface area (Å²) >= 11 is 1.34. The number of carbonyl (C=O) groups is 1. The zero-order valence-corrected chi connectivity index (χ0v) is 17.0. The van der Waals surface area contributed by atoms with Crippen molar-refractivity contribution >= 4 is 34.6 Å². The second kappa shape index (κ2) is 6.51. The molecule has 5 nitrogen and oxygen atoms in total. The molecule has 27 heavy (non-hydrogen) atoms. The molecule has 2 saturated carbocycles. The van der Waals surface area contributed by atoms with Crippen LogP contribution in [0.3, 0.4) is 0 Å². The minimum absolute atomic E-state index is 0.122. The van der Waals surface area contributed by atoms with Gasteiger partial charge in [0, 0.05) is 11.1 Å². The number of fused-ring (bicyclic) bond motifs is 2. The highest BCUT2D eigenvalue weighted by Crippen LogP contribution is 2.64. The quantitative estimate of drug-likeness (QED) is 0.619.